The van der Waals surface area contributed by atoms with Crippen molar-refractivity contribution in [2.24, 2.45) is 5.16 Å². The van der Waals surface area contributed by atoms with Crippen molar-refractivity contribution >= 4 is 5.71 Å². The number of rotatable bonds is 4. The largest absolute Gasteiger partial charge is 0.467 e. The fourth-order valence-corrected chi connectivity index (χ4v) is 1.30. The van der Waals surface area contributed by atoms with Crippen molar-refractivity contribution < 1.29 is 27.9 Å². The molecule has 1 aromatic rings. The van der Waals surface area contributed by atoms with Crippen LogP contribution in [-0.2, 0) is 4.74 Å². The van der Waals surface area contributed by atoms with Crippen molar-refractivity contribution in [2.75, 3.05) is 13.9 Å². The van der Waals surface area contributed by atoms with Gasteiger partial charge in [-0.1, -0.05) is 17.3 Å². The molecule has 4 nitrogen and oxygen atoms in total. The fraction of sp³-hybridized carbons (Fsp3) is 0.364. The molecule has 0 radical (unpaired) electrons. The third-order valence-electron chi connectivity index (χ3n) is 2.16. The van der Waals surface area contributed by atoms with Crippen molar-refractivity contribution in [2.45, 2.75) is 13.1 Å². The van der Waals surface area contributed by atoms with E-state index in [1.807, 2.05) is 0 Å². The molecule has 0 fully saturated rings. The van der Waals surface area contributed by atoms with Crippen LogP contribution in [0, 0.1) is 6.92 Å². The van der Waals surface area contributed by atoms with Crippen LogP contribution in [0.4, 0.5) is 13.2 Å². The van der Waals surface area contributed by atoms with Gasteiger partial charge in [0.15, 0.2) is 12.5 Å². The first kappa shape index (κ1) is 14.3. The van der Waals surface area contributed by atoms with E-state index in [0.29, 0.717) is 5.56 Å². The number of aryl methyl sites for hydroxylation is 1. The zero-order chi connectivity index (χ0) is 13.8. The zero-order valence-electron chi connectivity index (χ0n) is 9.78. The van der Waals surface area contributed by atoms with Gasteiger partial charge in [-0.15, -0.1) is 0 Å². The molecule has 0 heterocycles. The predicted molar refractivity (Wildman–Crippen MR) is 58.1 cm³/mol. The Morgan fingerprint density at radius 2 is 2.06 bits per heavy atom. The monoisotopic (exact) mass is 263 g/mol. The minimum Gasteiger partial charge on any atom is -0.467 e. The van der Waals surface area contributed by atoms with Gasteiger partial charge < -0.3 is 14.7 Å². The van der Waals surface area contributed by atoms with Crippen molar-refractivity contribution in [3.05, 3.63) is 29.3 Å². The maximum absolute atomic E-state index is 12.5. The number of methoxy groups -OCH3 is 1. The zero-order valence-corrected chi connectivity index (χ0v) is 9.78. The quantitative estimate of drug-likeness (QED) is 0.393. The van der Waals surface area contributed by atoms with Crippen molar-refractivity contribution in [1.82, 2.24) is 0 Å². The molecule has 0 saturated heterocycles. The van der Waals surface area contributed by atoms with E-state index in [2.05, 4.69) is 9.89 Å². The summed E-state index contributed by atoms with van der Waals surface area (Å²) in [4.78, 5) is 0. The summed E-state index contributed by atoms with van der Waals surface area (Å²) in [5.41, 5.74) is -0.998. The van der Waals surface area contributed by atoms with Crippen molar-refractivity contribution in [1.29, 1.82) is 0 Å². The number of nitrogens with zero attached hydrogens (tertiary/aromatic N) is 1. The van der Waals surface area contributed by atoms with Gasteiger partial charge in [0.25, 0.3) is 0 Å². The molecule has 0 aromatic heterocycles. The number of hydrogen-bond acceptors (Lipinski definition) is 4. The molecular weight excluding hydrogens is 251 g/mol. The molecule has 0 aliphatic heterocycles. The number of benzene rings is 1. The van der Waals surface area contributed by atoms with Crippen LogP contribution in [0.5, 0.6) is 5.75 Å². The smallest absolute Gasteiger partial charge is 0.437 e. The molecule has 0 aliphatic carbocycles. The van der Waals surface area contributed by atoms with Crippen LogP contribution >= 0.6 is 0 Å². The summed E-state index contributed by atoms with van der Waals surface area (Å²) >= 11 is 0. The normalized spacial score (nSPS) is 12.6. The lowest BCUT2D eigenvalue weighted by atomic mass is 10.1. The van der Waals surface area contributed by atoms with Gasteiger partial charge in [-0.3, -0.25) is 0 Å². The molecule has 1 rings (SSSR count). The van der Waals surface area contributed by atoms with Crippen LogP contribution in [0.15, 0.2) is 23.4 Å². The summed E-state index contributed by atoms with van der Waals surface area (Å²) < 4.78 is 47.4. The highest BCUT2D eigenvalue weighted by Crippen LogP contribution is 2.26. The maximum Gasteiger partial charge on any atom is 0.437 e. The molecule has 1 aromatic carbocycles. The van der Waals surface area contributed by atoms with E-state index in [0.717, 1.165) is 6.07 Å². The second kappa shape index (κ2) is 5.72. The highest BCUT2D eigenvalue weighted by Gasteiger charge is 2.37. The molecular formula is C11H12F3NO3. The molecule has 7 heteroatoms. The first-order chi connectivity index (χ1) is 8.40. The Bertz CT molecular complexity index is 444. The van der Waals surface area contributed by atoms with Gasteiger partial charge in [-0.05, 0) is 18.6 Å². The third-order valence-corrected chi connectivity index (χ3v) is 2.16. The molecule has 0 unspecified atom stereocenters. The Labute approximate surface area is 102 Å². The van der Waals surface area contributed by atoms with E-state index in [4.69, 9.17) is 9.94 Å². The summed E-state index contributed by atoms with van der Waals surface area (Å²) in [7, 11) is 1.40. The first-order valence-corrected chi connectivity index (χ1v) is 4.92. The molecule has 1 N–H and O–H groups in total. The Morgan fingerprint density at radius 3 is 2.56 bits per heavy atom. The molecule has 0 aliphatic rings. The maximum atomic E-state index is 12.5. The molecule has 0 amide bonds. The average molecular weight is 263 g/mol. The van der Waals surface area contributed by atoms with E-state index in [1.165, 1.54) is 19.2 Å². The average Bonchev–Trinajstić information content (AvgIpc) is 2.28. The molecule has 0 spiro atoms. The predicted octanol–water partition coefficient (Wildman–Crippen LogP) is 2.72. The van der Waals surface area contributed by atoms with Crippen LogP contribution in [0.1, 0.15) is 11.1 Å². The Morgan fingerprint density at radius 1 is 1.39 bits per heavy atom. The SMILES string of the molecule is COCOc1cc(C(=NO)C(F)(F)F)ccc1C. The molecule has 18 heavy (non-hydrogen) atoms. The molecule has 0 saturated carbocycles. The Kier molecular flexibility index (Phi) is 4.55. The summed E-state index contributed by atoms with van der Waals surface area (Å²) in [5.74, 6) is 0.236. The van der Waals surface area contributed by atoms with E-state index in [-0.39, 0.29) is 18.1 Å². The summed E-state index contributed by atoms with van der Waals surface area (Å²) in [6, 6.07) is 3.80. The van der Waals surface area contributed by atoms with Crippen molar-refractivity contribution in [3.63, 3.8) is 0 Å². The van der Waals surface area contributed by atoms with Crippen LogP contribution in [0.25, 0.3) is 0 Å². The van der Waals surface area contributed by atoms with Gasteiger partial charge in [0.2, 0.25) is 0 Å². The summed E-state index contributed by atoms with van der Waals surface area (Å²) in [5, 5.41) is 10.7. The van der Waals surface area contributed by atoms with E-state index in [1.54, 1.807) is 6.92 Å². The van der Waals surface area contributed by atoms with E-state index in [9.17, 15) is 13.2 Å². The topological polar surface area (TPSA) is 51.0 Å². The lowest BCUT2D eigenvalue weighted by Gasteiger charge is -2.12. The highest BCUT2D eigenvalue weighted by molar-refractivity contribution is 6.04. The summed E-state index contributed by atoms with van der Waals surface area (Å²) in [6.07, 6.45) is -4.73. The first-order valence-electron chi connectivity index (χ1n) is 4.92. The van der Waals surface area contributed by atoms with Gasteiger partial charge in [0.1, 0.15) is 5.75 Å². The number of ether oxygens (including phenoxy) is 2. The number of halogens is 3. The number of oxime groups is 1. The van der Waals surface area contributed by atoms with Gasteiger partial charge in [0.05, 0.1) is 0 Å². The van der Waals surface area contributed by atoms with E-state index < -0.39 is 11.9 Å². The Hall–Kier alpha value is -1.76. The number of hydrogen-bond donors (Lipinski definition) is 1. The van der Waals surface area contributed by atoms with Crippen LogP contribution in [-0.4, -0.2) is 31.0 Å². The van der Waals surface area contributed by atoms with Crippen LogP contribution in [0.2, 0.25) is 0 Å². The molecule has 0 atom stereocenters. The van der Waals surface area contributed by atoms with Crippen molar-refractivity contribution in [3.8, 4) is 5.75 Å². The standard InChI is InChI=1S/C11H12F3NO3/c1-7-3-4-8(5-9(7)18-6-17-2)10(15-16)11(12,13)14/h3-5,16H,6H2,1-2H3. The number of alkyl halides is 3. The van der Waals surface area contributed by atoms with E-state index >= 15 is 0 Å². The minimum atomic E-state index is -4.73. The van der Waals surface area contributed by atoms with Gasteiger partial charge in [-0.2, -0.15) is 13.2 Å². The second-order valence-electron chi connectivity index (χ2n) is 3.48. The fourth-order valence-electron chi connectivity index (χ4n) is 1.30. The van der Waals surface area contributed by atoms with Gasteiger partial charge in [0, 0.05) is 12.7 Å². The van der Waals surface area contributed by atoms with Gasteiger partial charge >= 0.3 is 6.18 Å². The molecule has 100 valence electrons. The Balaban J connectivity index is 3.11. The van der Waals surface area contributed by atoms with Gasteiger partial charge in [-0.25, -0.2) is 0 Å². The third kappa shape index (κ3) is 3.36. The highest BCUT2D eigenvalue weighted by atomic mass is 19.4. The van der Waals surface area contributed by atoms with Crippen LogP contribution in [0.3, 0.4) is 0 Å². The lowest BCUT2D eigenvalue weighted by Crippen LogP contribution is -2.24. The lowest BCUT2D eigenvalue weighted by molar-refractivity contribution is -0.0601. The summed E-state index contributed by atoms with van der Waals surface area (Å²) in [6.45, 7) is 1.60. The molecule has 0 bridgehead atoms. The minimum absolute atomic E-state index is 0.0814. The van der Waals surface area contributed by atoms with Crippen LogP contribution < -0.4 is 4.74 Å². The second-order valence-corrected chi connectivity index (χ2v) is 3.48.